The number of ether oxygens (including phenoxy) is 1. The highest BCUT2D eigenvalue weighted by molar-refractivity contribution is 5.92. The summed E-state index contributed by atoms with van der Waals surface area (Å²) in [5.41, 5.74) is 9.80. The number of carbonyl (C=O) groups is 1. The first kappa shape index (κ1) is 23.2. The highest BCUT2D eigenvalue weighted by Crippen LogP contribution is 2.32. The van der Waals surface area contributed by atoms with Gasteiger partial charge in [0.2, 0.25) is 0 Å². The summed E-state index contributed by atoms with van der Waals surface area (Å²) >= 11 is 0. The second-order valence-electron chi connectivity index (χ2n) is 9.89. The number of urea groups is 1. The summed E-state index contributed by atoms with van der Waals surface area (Å²) in [6.45, 7) is 7.55. The molecule has 5 heterocycles. The summed E-state index contributed by atoms with van der Waals surface area (Å²) < 4.78 is 5.50. The number of primary amides is 1. The maximum absolute atomic E-state index is 12.3. The number of nitrogens with two attached hydrogens (primary N) is 1. The number of carbonyl (C=O) groups excluding carboxylic acids is 1. The number of hydrogen-bond acceptors (Lipinski definition) is 7. The van der Waals surface area contributed by atoms with Crippen LogP contribution < -0.4 is 16.0 Å². The molecule has 0 radical (unpaired) electrons. The van der Waals surface area contributed by atoms with Crippen LogP contribution in [0.2, 0.25) is 0 Å². The Balaban J connectivity index is 1.25. The molecule has 36 heavy (non-hydrogen) atoms. The van der Waals surface area contributed by atoms with Gasteiger partial charge in [0.25, 0.3) is 0 Å². The summed E-state index contributed by atoms with van der Waals surface area (Å²) in [5, 5.41) is 4.46. The second kappa shape index (κ2) is 10.0. The average molecular weight is 491 g/mol. The van der Waals surface area contributed by atoms with E-state index >= 15 is 0 Å². The third-order valence-electron chi connectivity index (χ3n) is 7.84. The van der Waals surface area contributed by atoms with E-state index in [4.69, 9.17) is 10.5 Å². The zero-order chi connectivity index (χ0) is 24.5. The molecule has 6 rings (SSSR count). The fourth-order valence-corrected chi connectivity index (χ4v) is 5.85. The van der Waals surface area contributed by atoms with Crippen molar-refractivity contribution in [3.63, 3.8) is 0 Å². The molecule has 10 heteroatoms. The molecule has 0 aliphatic carbocycles. The van der Waals surface area contributed by atoms with Crippen molar-refractivity contribution >= 4 is 22.9 Å². The van der Waals surface area contributed by atoms with E-state index in [-0.39, 0.29) is 12.1 Å². The number of hydrogen-bond donors (Lipinski definition) is 3. The standard InChI is InChI=1S/C26H34N8O2/c27-26(35)34-10-9-33(20-5-7-28-8-6-20)16-23(34)19-3-1-18(2-4-19)22-15-21-24(31-22)29-17-30-25(21)32-11-13-36-14-12-32/h1-4,15,17,20,23,28H,5-14,16H2,(H2,27,35)(H,29,30,31). The lowest BCUT2D eigenvalue weighted by molar-refractivity contribution is 0.0588. The first-order chi connectivity index (χ1) is 17.7. The van der Waals surface area contributed by atoms with E-state index < -0.39 is 0 Å². The highest BCUT2D eigenvalue weighted by atomic mass is 16.5. The van der Waals surface area contributed by atoms with Crippen LogP contribution >= 0.6 is 0 Å². The molecule has 4 N–H and O–H groups in total. The lowest BCUT2D eigenvalue weighted by atomic mass is 9.97. The smallest absolute Gasteiger partial charge is 0.315 e. The second-order valence-corrected chi connectivity index (χ2v) is 9.89. The van der Waals surface area contributed by atoms with Crippen molar-refractivity contribution in [2.45, 2.75) is 24.9 Å². The normalized spacial score (nSPS) is 22.3. The minimum atomic E-state index is -0.348. The molecule has 0 spiro atoms. The summed E-state index contributed by atoms with van der Waals surface area (Å²) in [6, 6.07) is 10.8. The van der Waals surface area contributed by atoms with Gasteiger partial charge in [0, 0.05) is 44.5 Å². The first-order valence-corrected chi connectivity index (χ1v) is 12.9. The number of nitrogens with zero attached hydrogens (tertiary/aromatic N) is 5. The van der Waals surface area contributed by atoms with Crippen molar-refractivity contribution in [2.24, 2.45) is 5.73 Å². The lowest BCUT2D eigenvalue weighted by Crippen LogP contribution is -2.56. The van der Waals surface area contributed by atoms with Gasteiger partial charge in [-0.15, -0.1) is 0 Å². The van der Waals surface area contributed by atoms with Gasteiger partial charge >= 0.3 is 6.03 Å². The van der Waals surface area contributed by atoms with Crippen LogP contribution in [0.25, 0.3) is 22.3 Å². The van der Waals surface area contributed by atoms with Crippen LogP contribution in [0.1, 0.15) is 24.4 Å². The van der Waals surface area contributed by atoms with Gasteiger partial charge in [-0.05, 0) is 43.1 Å². The van der Waals surface area contributed by atoms with Gasteiger partial charge < -0.3 is 30.6 Å². The van der Waals surface area contributed by atoms with Crippen LogP contribution in [0.4, 0.5) is 10.6 Å². The molecule has 1 unspecified atom stereocenters. The quantitative estimate of drug-likeness (QED) is 0.512. The molecule has 1 aromatic carbocycles. The molecule has 10 nitrogen and oxygen atoms in total. The van der Waals surface area contributed by atoms with Gasteiger partial charge in [0.05, 0.1) is 24.6 Å². The van der Waals surface area contributed by atoms with Crippen LogP contribution in [-0.4, -0.2) is 95.9 Å². The van der Waals surface area contributed by atoms with Crippen LogP contribution in [0, 0.1) is 0 Å². The molecule has 2 amide bonds. The van der Waals surface area contributed by atoms with E-state index in [1.165, 1.54) is 0 Å². The monoisotopic (exact) mass is 490 g/mol. The van der Waals surface area contributed by atoms with Gasteiger partial charge in [0.15, 0.2) is 0 Å². The molecule has 3 saturated heterocycles. The Morgan fingerprint density at radius 1 is 1.03 bits per heavy atom. The number of benzene rings is 1. The number of anilines is 1. The number of amides is 2. The minimum absolute atomic E-state index is 0.0401. The van der Waals surface area contributed by atoms with E-state index in [1.807, 2.05) is 4.90 Å². The fraction of sp³-hybridized carbons (Fsp3) is 0.500. The number of morpholine rings is 1. The van der Waals surface area contributed by atoms with Crippen molar-refractivity contribution in [1.82, 2.24) is 30.1 Å². The molecule has 3 aromatic rings. The molecule has 0 saturated carbocycles. The zero-order valence-electron chi connectivity index (χ0n) is 20.5. The van der Waals surface area contributed by atoms with Gasteiger partial charge in [-0.3, -0.25) is 4.90 Å². The number of fused-ring (bicyclic) bond motifs is 1. The zero-order valence-corrected chi connectivity index (χ0v) is 20.5. The van der Waals surface area contributed by atoms with Crippen LogP contribution in [-0.2, 0) is 4.74 Å². The molecule has 1 atom stereocenters. The Morgan fingerprint density at radius 3 is 2.56 bits per heavy atom. The van der Waals surface area contributed by atoms with Crippen molar-refractivity contribution in [1.29, 1.82) is 0 Å². The van der Waals surface area contributed by atoms with E-state index in [0.29, 0.717) is 25.8 Å². The third kappa shape index (κ3) is 4.52. The number of piperazine rings is 1. The number of piperidine rings is 1. The molecular formula is C26H34N8O2. The largest absolute Gasteiger partial charge is 0.378 e. The van der Waals surface area contributed by atoms with Crippen LogP contribution in [0.3, 0.4) is 0 Å². The number of rotatable bonds is 4. The molecule has 0 bridgehead atoms. The molecule has 3 aliphatic rings. The van der Waals surface area contributed by atoms with E-state index in [1.54, 1.807) is 6.33 Å². The van der Waals surface area contributed by atoms with Gasteiger partial charge in [-0.2, -0.15) is 0 Å². The number of nitrogens with one attached hydrogen (secondary N) is 2. The molecule has 3 fully saturated rings. The predicted molar refractivity (Wildman–Crippen MR) is 139 cm³/mol. The van der Waals surface area contributed by atoms with Crippen molar-refractivity contribution in [3.8, 4) is 11.3 Å². The Morgan fingerprint density at radius 2 is 1.81 bits per heavy atom. The Labute approximate surface area is 210 Å². The number of aromatic amines is 1. The summed E-state index contributed by atoms with van der Waals surface area (Å²) in [5.74, 6) is 0.944. The SMILES string of the molecule is NC(=O)N1CCN(C2CCNCC2)CC1c1ccc(-c2cc3c(N4CCOCC4)ncnc3[nH]2)cc1. The Hall–Kier alpha value is -3.21. The summed E-state index contributed by atoms with van der Waals surface area (Å²) in [4.78, 5) is 31.4. The van der Waals surface area contributed by atoms with Crippen LogP contribution in [0.15, 0.2) is 36.7 Å². The van der Waals surface area contributed by atoms with Crippen molar-refractivity contribution < 1.29 is 9.53 Å². The summed E-state index contributed by atoms with van der Waals surface area (Å²) in [6.07, 6.45) is 3.92. The molecule has 190 valence electrons. The maximum atomic E-state index is 12.3. The van der Waals surface area contributed by atoms with Gasteiger partial charge in [0.1, 0.15) is 17.8 Å². The molecule has 3 aliphatic heterocycles. The average Bonchev–Trinajstić information content (AvgIpc) is 3.38. The molecular weight excluding hydrogens is 456 g/mol. The Kier molecular flexibility index (Phi) is 6.47. The third-order valence-corrected chi connectivity index (χ3v) is 7.84. The van der Waals surface area contributed by atoms with E-state index in [9.17, 15) is 4.79 Å². The van der Waals surface area contributed by atoms with Crippen LogP contribution in [0.5, 0.6) is 0 Å². The van der Waals surface area contributed by atoms with Gasteiger partial charge in [-0.1, -0.05) is 24.3 Å². The van der Waals surface area contributed by atoms with E-state index in [2.05, 4.69) is 60.4 Å². The van der Waals surface area contributed by atoms with Crippen molar-refractivity contribution in [3.05, 3.63) is 42.2 Å². The molecule has 2 aromatic heterocycles. The topological polar surface area (TPSA) is 116 Å². The lowest BCUT2D eigenvalue weighted by Gasteiger charge is -2.45. The Bertz CT molecular complexity index is 1200. The number of H-pyrrole nitrogens is 1. The highest BCUT2D eigenvalue weighted by Gasteiger charge is 2.34. The number of aromatic nitrogens is 3. The fourth-order valence-electron chi connectivity index (χ4n) is 5.85. The summed E-state index contributed by atoms with van der Waals surface area (Å²) in [7, 11) is 0. The minimum Gasteiger partial charge on any atom is -0.378 e. The predicted octanol–water partition coefficient (Wildman–Crippen LogP) is 1.95. The van der Waals surface area contributed by atoms with Crippen molar-refractivity contribution in [2.75, 3.05) is 63.9 Å². The van der Waals surface area contributed by atoms with Gasteiger partial charge in [-0.25, -0.2) is 14.8 Å². The first-order valence-electron chi connectivity index (χ1n) is 12.9. The van der Waals surface area contributed by atoms with E-state index in [0.717, 1.165) is 85.8 Å². The maximum Gasteiger partial charge on any atom is 0.315 e.